The summed E-state index contributed by atoms with van der Waals surface area (Å²) in [4.78, 5) is 14.6. The number of carbonyl (C=O) groups is 1. The fourth-order valence-corrected chi connectivity index (χ4v) is 1.88. The molecule has 0 fully saturated rings. The average molecular weight is 247 g/mol. The second-order valence-electron chi connectivity index (χ2n) is 4.34. The predicted molar refractivity (Wildman–Crippen MR) is 70.7 cm³/mol. The van der Waals surface area contributed by atoms with E-state index in [1.807, 2.05) is 29.8 Å². The summed E-state index contributed by atoms with van der Waals surface area (Å²) in [6.07, 6.45) is 3.59. The van der Waals surface area contributed by atoms with Gasteiger partial charge in [0, 0.05) is 25.7 Å². The summed E-state index contributed by atoms with van der Waals surface area (Å²) in [5.74, 6) is -0.732. The molecule has 0 aliphatic carbocycles. The molecule has 1 aromatic carbocycles. The molecule has 1 aromatic heterocycles. The Hall–Kier alpha value is -2.04. The first-order chi connectivity index (χ1) is 8.66. The monoisotopic (exact) mass is 247 g/mol. The summed E-state index contributed by atoms with van der Waals surface area (Å²) in [5, 5.41) is 11.8. The SMILES string of the molecule is Cn1cnc2cc(NCCCCC(=O)O)ccc21. The molecule has 2 N–H and O–H groups in total. The van der Waals surface area contributed by atoms with E-state index in [1.165, 1.54) is 0 Å². The van der Waals surface area contributed by atoms with Gasteiger partial charge in [-0.2, -0.15) is 0 Å². The summed E-state index contributed by atoms with van der Waals surface area (Å²) < 4.78 is 1.98. The van der Waals surface area contributed by atoms with Gasteiger partial charge in [0.25, 0.3) is 0 Å². The molecule has 5 heteroatoms. The van der Waals surface area contributed by atoms with Crippen molar-refractivity contribution in [3.05, 3.63) is 24.5 Å². The van der Waals surface area contributed by atoms with Crippen molar-refractivity contribution in [2.45, 2.75) is 19.3 Å². The molecule has 2 rings (SSSR count). The highest BCUT2D eigenvalue weighted by Crippen LogP contribution is 2.17. The number of aryl methyl sites for hydroxylation is 1. The Morgan fingerprint density at radius 2 is 2.28 bits per heavy atom. The summed E-state index contributed by atoms with van der Waals surface area (Å²) in [5.41, 5.74) is 3.09. The van der Waals surface area contributed by atoms with E-state index in [0.29, 0.717) is 6.42 Å². The van der Waals surface area contributed by atoms with E-state index in [1.54, 1.807) is 6.33 Å². The second kappa shape index (κ2) is 5.53. The third-order valence-electron chi connectivity index (χ3n) is 2.87. The fourth-order valence-electron chi connectivity index (χ4n) is 1.88. The Balaban J connectivity index is 1.86. The number of hydrogen-bond acceptors (Lipinski definition) is 3. The van der Waals surface area contributed by atoms with E-state index in [-0.39, 0.29) is 6.42 Å². The highest BCUT2D eigenvalue weighted by molar-refractivity contribution is 5.79. The van der Waals surface area contributed by atoms with Crippen LogP contribution in [-0.2, 0) is 11.8 Å². The molecule has 0 radical (unpaired) electrons. The number of carboxylic acid groups (broad SMARTS) is 1. The lowest BCUT2D eigenvalue weighted by atomic mass is 10.2. The van der Waals surface area contributed by atoms with E-state index in [9.17, 15) is 4.79 Å². The van der Waals surface area contributed by atoms with Crippen molar-refractivity contribution in [3.63, 3.8) is 0 Å². The van der Waals surface area contributed by atoms with Crippen LogP contribution < -0.4 is 5.32 Å². The molecule has 0 saturated heterocycles. The van der Waals surface area contributed by atoms with Gasteiger partial charge in [0.1, 0.15) is 0 Å². The number of fused-ring (bicyclic) bond motifs is 1. The smallest absolute Gasteiger partial charge is 0.303 e. The molecule has 0 atom stereocenters. The van der Waals surface area contributed by atoms with Crippen LogP contribution in [0.1, 0.15) is 19.3 Å². The van der Waals surface area contributed by atoms with Crippen LogP contribution in [-0.4, -0.2) is 27.2 Å². The van der Waals surface area contributed by atoms with Gasteiger partial charge in [-0.15, -0.1) is 0 Å². The Kier molecular flexibility index (Phi) is 3.82. The first kappa shape index (κ1) is 12.4. The molecule has 0 aliphatic rings. The van der Waals surface area contributed by atoms with Gasteiger partial charge in [0.05, 0.1) is 17.4 Å². The number of nitrogens with one attached hydrogen (secondary N) is 1. The van der Waals surface area contributed by atoms with E-state index < -0.39 is 5.97 Å². The van der Waals surface area contributed by atoms with E-state index >= 15 is 0 Å². The largest absolute Gasteiger partial charge is 0.481 e. The van der Waals surface area contributed by atoms with Gasteiger partial charge in [-0.25, -0.2) is 4.98 Å². The Bertz CT molecular complexity index is 548. The average Bonchev–Trinajstić information content (AvgIpc) is 2.70. The number of aromatic nitrogens is 2. The normalized spacial score (nSPS) is 10.7. The molecule has 0 spiro atoms. The standard InChI is InChI=1S/C13H17N3O2/c1-16-9-15-11-8-10(5-6-12(11)16)14-7-3-2-4-13(17)18/h5-6,8-9,14H,2-4,7H2,1H3,(H,17,18). The number of aliphatic carboxylic acids is 1. The number of rotatable bonds is 6. The topological polar surface area (TPSA) is 67.2 Å². The van der Waals surface area contributed by atoms with Crippen molar-refractivity contribution in [1.29, 1.82) is 0 Å². The van der Waals surface area contributed by atoms with Crippen molar-refractivity contribution in [1.82, 2.24) is 9.55 Å². The molecular weight excluding hydrogens is 230 g/mol. The summed E-state index contributed by atoms with van der Waals surface area (Å²) >= 11 is 0. The van der Waals surface area contributed by atoms with Crippen molar-refractivity contribution in [2.24, 2.45) is 7.05 Å². The molecule has 96 valence electrons. The van der Waals surface area contributed by atoms with Crippen molar-refractivity contribution >= 4 is 22.7 Å². The van der Waals surface area contributed by atoms with Crippen LogP contribution in [0.5, 0.6) is 0 Å². The molecule has 0 amide bonds. The number of nitrogens with zero attached hydrogens (tertiary/aromatic N) is 2. The maximum Gasteiger partial charge on any atom is 0.303 e. The first-order valence-corrected chi connectivity index (χ1v) is 6.03. The Labute approximate surface area is 105 Å². The quantitative estimate of drug-likeness (QED) is 0.768. The molecule has 0 unspecified atom stereocenters. The van der Waals surface area contributed by atoms with Crippen LogP contribution in [0.2, 0.25) is 0 Å². The van der Waals surface area contributed by atoms with Crippen LogP contribution in [0.3, 0.4) is 0 Å². The van der Waals surface area contributed by atoms with Crippen LogP contribution >= 0.6 is 0 Å². The highest BCUT2D eigenvalue weighted by Gasteiger charge is 2.01. The Morgan fingerprint density at radius 1 is 1.44 bits per heavy atom. The number of benzene rings is 1. The van der Waals surface area contributed by atoms with E-state index in [0.717, 1.165) is 29.7 Å². The van der Waals surface area contributed by atoms with Crippen molar-refractivity contribution in [3.8, 4) is 0 Å². The molecular formula is C13H17N3O2. The first-order valence-electron chi connectivity index (χ1n) is 6.03. The summed E-state index contributed by atoms with van der Waals surface area (Å²) in [6, 6.07) is 6.05. The molecule has 2 aromatic rings. The lowest BCUT2D eigenvalue weighted by molar-refractivity contribution is -0.137. The number of carboxylic acids is 1. The van der Waals surface area contributed by atoms with Gasteiger partial charge in [-0.05, 0) is 31.0 Å². The van der Waals surface area contributed by atoms with Gasteiger partial charge >= 0.3 is 5.97 Å². The number of unbranched alkanes of at least 4 members (excludes halogenated alkanes) is 1. The van der Waals surface area contributed by atoms with Crippen LogP contribution in [0, 0.1) is 0 Å². The van der Waals surface area contributed by atoms with Gasteiger partial charge < -0.3 is 15.0 Å². The molecule has 0 bridgehead atoms. The molecule has 1 heterocycles. The lowest BCUT2D eigenvalue weighted by Gasteiger charge is -2.05. The minimum atomic E-state index is -0.732. The lowest BCUT2D eigenvalue weighted by Crippen LogP contribution is -2.03. The van der Waals surface area contributed by atoms with Gasteiger partial charge in [0.2, 0.25) is 0 Å². The third kappa shape index (κ3) is 3.00. The zero-order chi connectivity index (χ0) is 13.0. The minimum Gasteiger partial charge on any atom is -0.481 e. The molecule has 5 nitrogen and oxygen atoms in total. The zero-order valence-electron chi connectivity index (χ0n) is 10.4. The summed E-state index contributed by atoms with van der Waals surface area (Å²) in [6.45, 7) is 0.783. The van der Waals surface area contributed by atoms with Crippen molar-refractivity contribution < 1.29 is 9.90 Å². The maximum atomic E-state index is 10.4. The fraction of sp³-hybridized carbons (Fsp3) is 0.385. The number of imidazole rings is 1. The number of hydrogen-bond donors (Lipinski definition) is 2. The highest BCUT2D eigenvalue weighted by atomic mass is 16.4. The van der Waals surface area contributed by atoms with E-state index in [4.69, 9.17) is 5.11 Å². The third-order valence-corrected chi connectivity index (χ3v) is 2.87. The molecule has 0 aliphatic heterocycles. The van der Waals surface area contributed by atoms with Gasteiger partial charge in [-0.3, -0.25) is 4.79 Å². The van der Waals surface area contributed by atoms with E-state index in [2.05, 4.69) is 10.3 Å². The maximum absolute atomic E-state index is 10.4. The second-order valence-corrected chi connectivity index (χ2v) is 4.34. The van der Waals surface area contributed by atoms with Gasteiger partial charge in [-0.1, -0.05) is 0 Å². The number of anilines is 1. The van der Waals surface area contributed by atoms with Crippen LogP contribution in [0.25, 0.3) is 11.0 Å². The van der Waals surface area contributed by atoms with Crippen molar-refractivity contribution in [2.75, 3.05) is 11.9 Å². The zero-order valence-corrected chi connectivity index (χ0v) is 10.4. The van der Waals surface area contributed by atoms with Gasteiger partial charge in [0.15, 0.2) is 0 Å². The van der Waals surface area contributed by atoms with Crippen LogP contribution in [0.4, 0.5) is 5.69 Å². The minimum absolute atomic E-state index is 0.237. The van der Waals surface area contributed by atoms with Crippen LogP contribution in [0.15, 0.2) is 24.5 Å². The summed E-state index contributed by atoms with van der Waals surface area (Å²) in [7, 11) is 1.97. The predicted octanol–water partition coefficient (Wildman–Crippen LogP) is 2.24. The molecule has 18 heavy (non-hydrogen) atoms. The molecule has 0 saturated carbocycles. The Morgan fingerprint density at radius 3 is 3.06 bits per heavy atom.